The smallest absolute Gasteiger partial charge is 0.338 e. The Morgan fingerprint density at radius 2 is 1.38 bits per heavy atom. The number of hydrogen-bond acceptors (Lipinski definition) is 8. The van der Waals surface area contributed by atoms with Gasteiger partial charge in [0.05, 0.1) is 35.8 Å². The maximum atomic E-state index is 12.3. The van der Waals surface area contributed by atoms with Gasteiger partial charge in [-0.3, -0.25) is 9.11 Å². The van der Waals surface area contributed by atoms with E-state index in [1.54, 1.807) is 13.0 Å². The average Bonchev–Trinajstić information content (AvgIpc) is 2.60. The molecule has 29 heavy (non-hydrogen) atoms. The molecule has 0 bridgehead atoms. The Morgan fingerprint density at radius 3 is 1.83 bits per heavy atom. The molecule has 0 saturated carbocycles. The summed E-state index contributed by atoms with van der Waals surface area (Å²) < 4.78 is 70.0. The van der Waals surface area contributed by atoms with Crippen LogP contribution in [0.3, 0.4) is 0 Å². The Bertz CT molecular complexity index is 949. The highest BCUT2D eigenvalue weighted by atomic mass is 32.2. The lowest BCUT2D eigenvalue weighted by atomic mass is 9.97. The Kier molecular flexibility index (Phi) is 9.20. The van der Waals surface area contributed by atoms with Crippen molar-refractivity contribution < 1.29 is 45.0 Å². The van der Waals surface area contributed by atoms with E-state index in [9.17, 15) is 26.4 Å². The quantitative estimate of drug-likeness (QED) is 0.285. The van der Waals surface area contributed by atoms with Crippen LogP contribution >= 0.6 is 0 Å². The van der Waals surface area contributed by atoms with Crippen molar-refractivity contribution >= 4 is 32.2 Å². The fraction of sp³-hybridized carbons (Fsp3) is 0.529. The zero-order chi connectivity index (χ0) is 22.2. The minimum absolute atomic E-state index is 0.0733. The van der Waals surface area contributed by atoms with Gasteiger partial charge >= 0.3 is 11.9 Å². The van der Waals surface area contributed by atoms with Crippen LogP contribution in [-0.2, 0) is 36.1 Å². The second kappa shape index (κ2) is 10.7. The van der Waals surface area contributed by atoms with Crippen LogP contribution in [0, 0.1) is 6.92 Å². The third kappa shape index (κ3) is 9.35. The van der Waals surface area contributed by atoms with Gasteiger partial charge in [-0.15, -0.1) is 0 Å². The number of esters is 2. The predicted octanol–water partition coefficient (Wildman–Crippen LogP) is 1.43. The number of aryl methyl sites for hydroxylation is 1. The summed E-state index contributed by atoms with van der Waals surface area (Å²) in [6.07, 6.45) is 0.345. The molecule has 0 radical (unpaired) electrons. The van der Waals surface area contributed by atoms with Gasteiger partial charge in [-0.25, -0.2) is 9.59 Å². The van der Waals surface area contributed by atoms with Gasteiger partial charge in [-0.05, 0) is 49.4 Å². The highest BCUT2D eigenvalue weighted by Crippen LogP contribution is 2.20. The fourth-order valence-electron chi connectivity index (χ4n) is 2.44. The van der Waals surface area contributed by atoms with Crippen molar-refractivity contribution in [2.75, 3.05) is 24.7 Å². The van der Waals surface area contributed by atoms with Crippen LogP contribution in [0.1, 0.15) is 51.6 Å². The minimum atomic E-state index is -4.15. The molecule has 0 saturated heterocycles. The van der Waals surface area contributed by atoms with Gasteiger partial charge in [0.25, 0.3) is 20.2 Å². The van der Waals surface area contributed by atoms with Crippen molar-refractivity contribution in [1.29, 1.82) is 0 Å². The van der Waals surface area contributed by atoms with Crippen molar-refractivity contribution in [1.82, 2.24) is 0 Å². The maximum Gasteiger partial charge on any atom is 0.338 e. The van der Waals surface area contributed by atoms with E-state index in [1.807, 2.05) is 6.92 Å². The molecule has 164 valence electrons. The number of carbonyl (C=O) groups excluding carboxylic acids is 2. The number of carbonyl (C=O) groups is 2. The zero-order valence-electron chi connectivity index (χ0n) is 16.1. The van der Waals surface area contributed by atoms with Crippen LogP contribution in [0.25, 0.3) is 0 Å². The van der Waals surface area contributed by atoms with Crippen LogP contribution in [0.2, 0.25) is 0 Å². The van der Waals surface area contributed by atoms with Gasteiger partial charge in [0.1, 0.15) is 0 Å². The third-order valence-electron chi connectivity index (χ3n) is 3.91. The van der Waals surface area contributed by atoms with Gasteiger partial charge in [0, 0.05) is 0 Å². The van der Waals surface area contributed by atoms with Gasteiger partial charge in [-0.2, -0.15) is 16.8 Å². The first-order valence-corrected chi connectivity index (χ1v) is 11.9. The SMILES string of the molecule is CCc1cc(C(=O)OCCCS(=O)(=O)O)cc(C(=O)OCCCS(=O)(=O)O)c1C. The van der Waals surface area contributed by atoms with Crippen LogP contribution < -0.4 is 0 Å². The largest absolute Gasteiger partial charge is 0.462 e. The van der Waals surface area contributed by atoms with E-state index in [0.717, 1.165) is 0 Å². The van der Waals surface area contributed by atoms with Crippen molar-refractivity contribution in [3.8, 4) is 0 Å². The molecular formula is C17H24O10S2. The second-order valence-electron chi connectivity index (χ2n) is 6.21. The van der Waals surface area contributed by atoms with Crippen LogP contribution in [0.5, 0.6) is 0 Å². The van der Waals surface area contributed by atoms with Crippen LogP contribution in [-0.4, -0.2) is 62.6 Å². The first-order valence-electron chi connectivity index (χ1n) is 8.72. The Balaban J connectivity index is 2.85. The fourth-order valence-corrected chi connectivity index (χ4v) is 3.41. The highest BCUT2D eigenvalue weighted by Gasteiger charge is 2.19. The summed E-state index contributed by atoms with van der Waals surface area (Å²) in [5.41, 5.74) is 1.47. The van der Waals surface area contributed by atoms with Gasteiger partial charge in [-0.1, -0.05) is 6.92 Å². The summed E-state index contributed by atoms with van der Waals surface area (Å²) >= 11 is 0. The average molecular weight is 453 g/mol. The number of benzene rings is 1. The molecule has 0 aliphatic heterocycles. The molecule has 0 amide bonds. The molecule has 12 heteroatoms. The first-order chi connectivity index (χ1) is 13.3. The maximum absolute atomic E-state index is 12.3. The standard InChI is InChI=1S/C17H24O10S2/c1-3-13-10-14(16(18)26-6-4-8-28(20,21)22)11-15(12(13)2)17(19)27-7-5-9-29(23,24)25/h10-11H,3-9H2,1-2H3,(H,20,21,22)(H,23,24,25). The molecule has 1 rings (SSSR count). The molecule has 10 nitrogen and oxygen atoms in total. The van der Waals surface area contributed by atoms with Gasteiger partial charge < -0.3 is 9.47 Å². The summed E-state index contributed by atoms with van der Waals surface area (Å²) in [4.78, 5) is 24.5. The third-order valence-corrected chi connectivity index (χ3v) is 5.52. The Morgan fingerprint density at radius 1 is 0.897 bits per heavy atom. The first kappa shape index (κ1) is 25.0. The van der Waals surface area contributed by atoms with Gasteiger partial charge in [0.2, 0.25) is 0 Å². The molecule has 0 heterocycles. The van der Waals surface area contributed by atoms with E-state index < -0.39 is 43.7 Å². The summed E-state index contributed by atoms with van der Waals surface area (Å²) in [6.45, 7) is 3.03. The molecule has 0 aliphatic carbocycles. The molecule has 1 aromatic rings. The van der Waals surface area contributed by atoms with Crippen LogP contribution in [0.15, 0.2) is 12.1 Å². The van der Waals surface area contributed by atoms with Crippen molar-refractivity contribution in [2.24, 2.45) is 0 Å². The summed E-state index contributed by atoms with van der Waals surface area (Å²) in [5.74, 6) is -2.62. The van der Waals surface area contributed by atoms with Crippen molar-refractivity contribution in [2.45, 2.75) is 33.1 Å². The monoisotopic (exact) mass is 452 g/mol. The number of hydrogen-bond donors (Lipinski definition) is 2. The minimum Gasteiger partial charge on any atom is -0.462 e. The molecule has 0 atom stereocenters. The van der Waals surface area contributed by atoms with Crippen LogP contribution in [0.4, 0.5) is 0 Å². The van der Waals surface area contributed by atoms with Gasteiger partial charge in [0.15, 0.2) is 0 Å². The lowest BCUT2D eigenvalue weighted by Gasteiger charge is -2.13. The molecular weight excluding hydrogens is 428 g/mol. The lowest BCUT2D eigenvalue weighted by molar-refractivity contribution is 0.0502. The number of rotatable bonds is 11. The van der Waals surface area contributed by atoms with E-state index >= 15 is 0 Å². The lowest BCUT2D eigenvalue weighted by Crippen LogP contribution is -2.15. The van der Waals surface area contributed by atoms with E-state index in [1.165, 1.54) is 6.07 Å². The molecule has 0 aromatic heterocycles. The van der Waals surface area contributed by atoms with Crippen molar-refractivity contribution in [3.05, 3.63) is 34.4 Å². The van der Waals surface area contributed by atoms with E-state index in [4.69, 9.17) is 18.6 Å². The molecule has 1 aromatic carbocycles. The zero-order valence-corrected chi connectivity index (χ0v) is 17.7. The van der Waals surface area contributed by atoms with E-state index in [0.29, 0.717) is 17.5 Å². The number of ether oxygens (including phenoxy) is 2. The predicted molar refractivity (Wildman–Crippen MR) is 103 cm³/mol. The van der Waals surface area contributed by atoms with E-state index in [2.05, 4.69) is 0 Å². The summed E-state index contributed by atoms with van der Waals surface area (Å²) in [6, 6.07) is 2.83. The second-order valence-corrected chi connectivity index (χ2v) is 9.36. The topological polar surface area (TPSA) is 161 Å². The molecule has 0 spiro atoms. The molecule has 0 fully saturated rings. The van der Waals surface area contributed by atoms with E-state index in [-0.39, 0.29) is 37.2 Å². The molecule has 0 aliphatic rings. The van der Waals surface area contributed by atoms with Crippen molar-refractivity contribution in [3.63, 3.8) is 0 Å². The molecule has 2 N–H and O–H groups in total. The normalized spacial score (nSPS) is 11.9. The summed E-state index contributed by atoms with van der Waals surface area (Å²) in [5, 5.41) is 0. The Labute approximate surface area is 169 Å². The summed E-state index contributed by atoms with van der Waals surface area (Å²) in [7, 11) is -8.30. The highest BCUT2D eigenvalue weighted by molar-refractivity contribution is 7.86. The molecule has 0 unspecified atom stereocenters. The Hall–Kier alpha value is -2.02.